The van der Waals surface area contributed by atoms with Crippen molar-refractivity contribution in [1.82, 2.24) is 15.1 Å². The number of amides is 1. The zero-order valence-electron chi connectivity index (χ0n) is 13.5. The molecule has 2 heterocycles. The maximum Gasteiger partial charge on any atom is 0.241 e. The molecule has 1 aromatic heterocycles. The normalized spacial score (nSPS) is 22.8. The molecule has 0 radical (unpaired) electrons. The van der Waals surface area contributed by atoms with E-state index in [0.29, 0.717) is 6.04 Å². The fourth-order valence-corrected chi connectivity index (χ4v) is 3.30. The van der Waals surface area contributed by atoms with Gasteiger partial charge in [-0.05, 0) is 69.6 Å². The van der Waals surface area contributed by atoms with Gasteiger partial charge in [0.1, 0.15) is 6.17 Å². The van der Waals surface area contributed by atoms with Crippen molar-refractivity contribution < 1.29 is 4.79 Å². The third kappa shape index (κ3) is 4.05. The lowest BCUT2D eigenvalue weighted by molar-refractivity contribution is -0.129. The van der Waals surface area contributed by atoms with Gasteiger partial charge < -0.3 is 9.80 Å². The monoisotopic (exact) mass is 309 g/mol. The average molecular weight is 309 g/mol. The van der Waals surface area contributed by atoms with Gasteiger partial charge in [-0.25, -0.2) is 0 Å². The van der Waals surface area contributed by atoms with Crippen LogP contribution in [0.4, 0.5) is 0 Å². The highest BCUT2D eigenvalue weighted by atomic mass is 32.1. The molecule has 1 aliphatic heterocycles. The molecule has 4 nitrogen and oxygen atoms in total. The highest BCUT2D eigenvalue weighted by Gasteiger charge is 2.36. The SMILES string of the molecule is CC1NC(c2ccsc2)N(CCCCN(C)C(C)C)C1=O. The Bertz CT molecular complexity index is 446. The van der Waals surface area contributed by atoms with Gasteiger partial charge in [0, 0.05) is 12.6 Å². The lowest BCUT2D eigenvalue weighted by atomic mass is 10.2. The van der Waals surface area contributed by atoms with E-state index in [9.17, 15) is 4.79 Å². The molecule has 0 aromatic carbocycles. The van der Waals surface area contributed by atoms with Crippen LogP contribution in [0, 0.1) is 0 Å². The highest BCUT2D eigenvalue weighted by molar-refractivity contribution is 7.07. The second kappa shape index (κ2) is 7.38. The van der Waals surface area contributed by atoms with Gasteiger partial charge in [-0.1, -0.05) is 0 Å². The van der Waals surface area contributed by atoms with Crippen molar-refractivity contribution in [2.45, 2.75) is 51.9 Å². The minimum atomic E-state index is -0.0757. The van der Waals surface area contributed by atoms with E-state index in [-0.39, 0.29) is 18.1 Å². The molecule has 1 fully saturated rings. The van der Waals surface area contributed by atoms with Crippen LogP contribution in [-0.4, -0.2) is 47.9 Å². The van der Waals surface area contributed by atoms with Crippen molar-refractivity contribution in [2.75, 3.05) is 20.1 Å². The van der Waals surface area contributed by atoms with Gasteiger partial charge in [0.05, 0.1) is 6.04 Å². The van der Waals surface area contributed by atoms with E-state index in [4.69, 9.17) is 0 Å². The van der Waals surface area contributed by atoms with E-state index >= 15 is 0 Å². The molecule has 118 valence electrons. The Morgan fingerprint density at radius 2 is 2.19 bits per heavy atom. The summed E-state index contributed by atoms with van der Waals surface area (Å²) in [7, 11) is 2.16. The Hall–Kier alpha value is -0.910. The number of nitrogens with one attached hydrogen (secondary N) is 1. The second-order valence-corrected chi connectivity index (χ2v) is 6.94. The summed E-state index contributed by atoms with van der Waals surface area (Å²) < 4.78 is 0. The number of hydrogen-bond acceptors (Lipinski definition) is 4. The van der Waals surface area contributed by atoms with E-state index in [1.165, 1.54) is 5.56 Å². The largest absolute Gasteiger partial charge is 0.322 e. The fraction of sp³-hybridized carbons (Fsp3) is 0.688. The molecule has 0 bridgehead atoms. The van der Waals surface area contributed by atoms with E-state index in [1.54, 1.807) is 11.3 Å². The first-order valence-electron chi connectivity index (χ1n) is 7.79. The first kappa shape index (κ1) is 16.5. The van der Waals surface area contributed by atoms with Crippen molar-refractivity contribution >= 4 is 17.2 Å². The Morgan fingerprint density at radius 1 is 1.43 bits per heavy atom. The Morgan fingerprint density at radius 3 is 2.81 bits per heavy atom. The fourth-order valence-electron chi connectivity index (χ4n) is 2.62. The summed E-state index contributed by atoms with van der Waals surface area (Å²) >= 11 is 1.68. The number of carbonyl (C=O) groups is 1. The molecule has 2 atom stereocenters. The van der Waals surface area contributed by atoms with Crippen molar-refractivity contribution in [1.29, 1.82) is 0 Å². The summed E-state index contributed by atoms with van der Waals surface area (Å²) in [5, 5.41) is 7.59. The molecule has 21 heavy (non-hydrogen) atoms. The quantitative estimate of drug-likeness (QED) is 0.787. The molecule has 1 aromatic rings. The number of rotatable bonds is 7. The molecular weight excluding hydrogens is 282 g/mol. The molecule has 1 amide bonds. The van der Waals surface area contributed by atoms with Gasteiger partial charge in [0.25, 0.3) is 0 Å². The van der Waals surface area contributed by atoms with Crippen molar-refractivity contribution in [2.24, 2.45) is 0 Å². The van der Waals surface area contributed by atoms with Gasteiger partial charge in [0.2, 0.25) is 5.91 Å². The molecule has 1 saturated heterocycles. The molecule has 0 saturated carbocycles. The summed E-state index contributed by atoms with van der Waals surface area (Å²) in [5.41, 5.74) is 1.21. The van der Waals surface area contributed by atoms with Gasteiger partial charge in [-0.2, -0.15) is 11.3 Å². The topological polar surface area (TPSA) is 35.6 Å². The van der Waals surface area contributed by atoms with Gasteiger partial charge in [-0.3, -0.25) is 10.1 Å². The Balaban J connectivity index is 1.86. The van der Waals surface area contributed by atoms with Gasteiger partial charge in [0.15, 0.2) is 0 Å². The highest BCUT2D eigenvalue weighted by Crippen LogP contribution is 2.27. The molecule has 1 N–H and O–H groups in total. The van der Waals surface area contributed by atoms with Crippen LogP contribution in [-0.2, 0) is 4.79 Å². The minimum absolute atomic E-state index is 0.0570. The molecule has 2 rings (SSSR count). The standard InChI is InChI=1S/C16H27N3OS/c1-12(2)18(4)8-5-6-9-19-15(14-7-10-21-11-14)17-13(3)16(19)20/h7,10-13,15,17H,5-6,8-9H2,1-4H3. The predicted octanol–water partition coefficient (Wildman–Crippen LogP) is 2.69. The lowest BCUT2D eigenvalue weighted by Crippen LogP contribution is -2.32. The first-order valence-corrected chi connectivity index (χ1v) is 8.74. The zero-order chi connectivity index (χ0) is 15.4. The number of hydrogen-bond donors (Lipinski definition) is 1. The second-order valence-electron chi connectivity index (χ2n) is 6.16. The minimum Gasteiger partial charge on any atom is -0.322 e. The van der Waals surface area contributed by atoms with Crippen LogP contribution in [0.15, 0.2) is 16.8 Å². The molecule has 0 aliphatic carbocycles. The van der Waals surface area contributed by atoms with Crippen LogP contribution >= 0.6 is 11.3 Å². The Labute approximate surface area is 132 Å². The van der Waals surface area contributed by atoms with Crippen LogP contribution in [0.2, 0.25) is 0 Å². The third-order valence-corrected chi connectivity index (χ3v) is 4.97. The maximum atomic E-state index is 12.3. The van der Waals surface area contributed by atoms with Gasteiger partial charge in [-0.15, -0.1) is 0 Å². The molecule has 2 unspecified atom stereocenters. The summed E-state index contributed by atoms with van der Waals surface area (Å²) in [6.07, 6.45) is 2.24. The van der Waals surface area contributed by atoms with Crippen LogP contribution in [0.3, 0.4) is 0 Å². The summed E-state index contributed by atoms with van der Waals surface area (Å²) in [4.78, 5) is 16.7. The van der Waals surface area contributed by atoms with E-state index in [1.807, 2.05) is 11.8 Å². The molecule has 5 heteroatoms. The predicted molar refractivity (Wildman–Crippen MR) is 88.4 cm³/mol. The molecule has 1 aliphatic rings. The number of nitrogens with zero attached hydrogens (tertiary/aromatic N) is 2. The third-order valence-electron chi connectivity index (χ3n) is 4.27. The van der Waals surface area contributed by atoms with Crippen LogP contribution in [0.25, 0.3) is 0 Å². The van der Waals surface area contributed by atoms with E-state index in [0.717, 1.165) is 25.9 Å². The number of carbonyl (C=O) groups excluding carboxylic acids is 1. The summed E-state index contributed by atoms with van der Waals surface area (Å²) in [6, 6.07) is 2.61. The van der Waals surface area contributed by atoms with Crippen LogP contribution in [0.1, 0.15) is 45.3 Å². The number of unbranched alkanes of at least 4 members (excludes halogenated alkanes) is 1. The Kier molecular flexibility index (Phi) is 5.79. The summed E-state index contributed by atoms with van der Waals surface area (Å²) in [5.74, 6) is 0.225. The van der Waals surface area contributed by atoms with Crippen LogP contribution < -0.4 is 5.32 Å². The zero-order valence-corrected chi connectivity index (χ0v) is 14.3. The molecule has 0 spiro atoms. The summed E-state index contributed by atoms with van der Waals surface area (Å²) in [6.45, 7) is 8.30. The van der Waals surface area contributed by atoms with Crippen LogP contribution in [0.5, 0.6) is 0 Å². The van der Waals surface area contributed by atoms with E-state index in [2.05, 4.69) is 47.9 Å². The lowest BCUT2D eigenvalue weighted by Gasteiger charge is -2.25. The van der Waals surface area contributed by atoms with Crippen molar-refractivity contribution in [3.8, 4) is 0 Å². The van der Waals surface area contributed by atoms with E-state index < -0.39 is 0 Å². The number of thiophene rings is 1. The average Bonchev–Trinajstić information content (AvgIpc) is 3.05. The maximum absolute atomic E-state index is 12.3. The van der Waals surface area contributed by atoms with Gasteiger partial charge >= 0.3 is 0 Å². The van der Waals surface area contributed by atoms with Crippen molar-refractivity contribution in [3.05, 3.63) is 22.4 Å². The van der Waals surface area contributed by atoms with Crippen molar-refractivity contribution in [3.63, 3.8) is 0 Å². The smallest absolute Gasteiger partial charge is 0.241 e. The molecular formula is C16H27N3OS. The first-order chi connectivity index (χ1) is 10.0.